The number of rotatable bonds is 4. The molecule has 3 rings (SSSR count). The number of aryl methyl sites for hydroxylation is 2. The van der Waals surface area contributed by atoms with Crippen molar-refractivity contribution in [1.82, 2.24) is 14.9 Å². The van der Waals surface area contributed by atoms with Gasteiger partial charge >= 0.3 is 5.97 Å². The van der Waals surface area contributed by atoms with Crippen LogP contribution in [0.15, 0.2) is 18.2 Å². The van der Waals surface area contributed by atoms with E-state index in [0.717, 1.165) is 48.5 Å². The fourth-order valence-corrected chi connectivity index (χ4v) is 3.50. The van der Waals surface area contributed by atoms with Crippen LogP contribution in [0.5, 0.6) is 0 Å². The number of hydrogen-bond donors (Lipinski definition) is 0. The summed E-state index contributed by atoms with van der Waals surface area (Å²) in [5.41, 5.74) is 3.10. The van der Waals surface area contributed by atoms with Crippen LogP contribution in [0.25, 0.3) is 10.9 Å². The van der Waals surface area contributed by atoms with Crippen LogP contribution in [0, 0.1) is 19.8 Å². The number of likely N-dealkylation sites (N-methyl/N-ethyl adjacent to an activating group) is 1. The van der Waals surface area contributed by atoms with E-state index in [4.69, 9.17) is 4.98 Å². The molecule has 1 aliphatic rings. The number of carbonyl (C=O) groups excluding carboxylic acids is 2. The summed E-state index contributed by atoms with van der Waals surface area (Å²) in [6.07, 6.45) is 1.44. The smallest absolute Gasteiger partial charge is 0.325 e. The predicted molar refractivity (Wildman–Crippen MR) is 104 cm³/mol. The van der Waals surface area contributed by atoms with Gasteiger partial charge in [-0.25, -0.2) is 9.97 Å². The maximum absolute atomic E-state index is 12.5. The van der Waals surface area contributed by atoms with Gasteiger partial charge in [0.05, 0.1) is 18.3 Å². The first-order chi connectivity index (χ1) is 12.9. The second-order valence-corrected chi connectivity index (χ2v) is 7.16. The Morgan fingerprint density at radius 3 is 2.59 bits per heavy atom. The van der Waals surface area contributed by atoms with Gasteiger partial charge in [-0.15, -0.1) is 0 Å². The molecule has 7 nitrogen and oxygen atoms in total. The van der Waals surface area contributed by atoms with Crippen LogP contribution in [0.4, 0.5) is 5.95 Å². The highest BCUT2D eigenvalue weighted by molar-refractivity contribution is 5.84. The summed E-state index contributed by atoms with van der Waals surface area (Å²) >= 11 is 0. The van der Waals surface area contributed by atoms with Crippen molar-refractivity contribution in [2.75, 3.05) is 38.7 Å². The van der Waals surface area contributed by atoms with Crippen LogP contribution in [0.3, 0.4) is 0 Å². The van der Waals surface area contributed by atoms with E-state index >= 15 is 0 Å². The molecule has 1 amide bonds. The topological polar surface area (TPSA) is 75.6 Å². The number of carbonyl (C=O) groups is 2. The lowest BCUT2D eigenvalue weighted by atomic mass is 9.95. The second-order valence-electron chi connectivity index (χ2n) is 7.16. The minimum Gasteiger partial charge on any atom is -0.468 e. The van der Waals surface area contributed by atoms with Crippen molar-refractivity contribution in [3.8, 4) is 0 Å². The Morgan fingerprint density at radius 2 is 1.93 bits per heavy atom. The average Bonchev–Trinajstić information content (AvgIpc) is 2.67. The Bertz CT molecular complexity index is 860. The molecule has 0 radical (unpaired) electrons. The van der Waals surface area contributed by atoms with Gasteiger partial charge in [0.15, 0.2) is 0 Å². The highest BCUT2D eigenvalue weighted by atomic mass is 16.5. The highest BCUT2D eigenvalue weighted by Gasteiger charge is 2.29. The van der Waals surface area contributed by atoms with Crippen LogP contribution in [0.2, 0.25) is 0 Å². The highest BCUT2D eigenvalue weighted by Crippen LogP contribution is 2.25. The van der Waals surface area contributed by atoms with Gasteiger partial charge in [-0.2, -0.15) is 0 Å². The third kappa shape index (κ3) is 4.18. The third-order valence-corrected chi connectivity index (χ3v) is 5.13. The molecule has 0 saturated carbocycles. The van der Waals surface area contributed by atoms with E-state index in [-0.39, 0.29) is 18.4 Å². The molecule has 1 aromatic carbocycles. The number of amides is 1. The summed E-state index contributed by atoms with van der Waals surface area (Å²) in [5, 5.41) is 1.08. The molecule has 0 spiro atoms. The molecule has 2 heterocycles. The van der Waals surface area contributed by atoms with E-state index < -0.39 is 5.97 Å². The molecule has 0 atom stereocenters. The number of nitrogens with zero attached hydrogens (tertiary/aromatic N) is 4. The number of ether oxygens (including phenoxy) is 1. The van der Waals surface area contributed by atoms with E-state index in [1.165, 1.54) is 17.6 Å². The van der Waals surface area contributed by atoms with Crippen molar-refractivity contribution in [2.24, 2.45) is 5.92 Å². The zero-order chi connectivity index (χ0) is 19.6. The number of hydrogen-bond acceptors (Lipinski definition) is 6. The largest absolute Gasteiger partial charge is 0.468 e. The van der Waals surface area contributed by atoms with Crippen molar-refractivity contribution in [3.63, 3.8) is 0 Å². The molecular weight excluding hydrogens is 344 g/mol. The zero-order valence-corrected chi connectivity index (χ0v) is 16.4. The van der Waals surface area contributed by atoms with Gasteiger partial charge in [-0.05, 0) is 38.8 Å². The first-order valence-corrected chi connectivity index (χ1v) is 9.20. The van der Waals surface area contributed by atoms with E-state index in [2.05, 4.69) is 33.7 Å². The number of aromatic nitrogens is 2. The lowest BCUT2D eigenvalue weighted by molar-refractivity contribution is -0.147. The van der Waals surface area contributed by atoms with E-state index in [1.807, 2.05) is 13.0 Å². The van der Waals surface area contributed by atoms with Crippen molar-refractivity contribution in [2.45, 2.75) is 26.7 Å². The Labute approximate surface area is 159 Å². The normalized spacial score (nSPS) is 15.0. The number of piperidine rings is 1. The minimum absolute atomic E-state index is 0.00821. The van der Waals surface area contributed by atoms with Crippen LogP contribution in [0.1, 0.15) is 24.1 Å². The van der Waals surface area contributed by atoms with Crippen LogP contribution < -0.4 is 4.90 Å². The maximum atomic E-state index is 12.5. The first kappa shape index (κ1) is 19.1. The SMILES string of the molecule is COC(=O)CN(C)C(=O)C1CCN(c2nc(C)c3cc(C)ccc3n2)CC1. The predicted octanol–water partition coefficient (Wildman–Crippen LogP) is 2.09. The maximum Gasteiger partial charge on any atom is 0.325 e. The third-order valence-electron chi connectivity index (χ3n) is 5.13. The fraction of sp³-hybridized carbons (Fsp3) is 0.500. The molecule has 1 fully saturated rings. The Kier molecular flexibility index (Phi) is 5.58. The molecule has 2 aromatic rings. The summed E-state index contributed by atoms with van der Waals surface area (Å²) in [5.74, 6) is 0.225. The first-order valence-electron chi connectivity index (χ1n) is 9.20. The Morgan fingerprint density at radius 1 is 1.22 bits per heavy atom. The van der Waals surface area contributed by atoms with Crippen LogP contribution in [-0.2, 0) is 14.3 Å². The summed E-state index contributed by atoms with van der Waals surface area (Å²) in [7, 11) is 2.97. The fourth-order valence-electron chi connectivity index (χ4n) is 3.50. The number of benzene rings is 1. The molecule has 0 bridgehead atoms. The summed E-state index contributed by atoms with van der Waals surface area (Å²) in [4.78, 5) is 36.9. The number of methoxy groups -OCH3 is 1. The van der Waals surface area contributed by atoms with Gasteiger partial charge in [-0.1, -0.05) is 11.6 Å². The van der Waals surface area contributed by atoms with Gasteiger partial charge in [0, 0.05) is 31.4 Å². The van der Waals surface area contributed by atoms with Crippen molar-refractivity contribution < 1.29 is 14.3 Å². The van der Waals surface area contributed by atoms with Gasteiger partial charge < -0.3 is 14.5 Å². The molecule has 27 heavy (non-hydrogen) atoms. The van der Waals surface area contributed by atoms with Gasteiger partial charge in [0.25, 0.3) is 0 Å². The Hall–Kier alpha value is -2.70. The monoisotopic (exact) mass is 370 g/mol. The zero-order valence-electron chi connectivity index (χ0n) is 16.4. The number of fused-ring (bicyclic) bond motifs is 1. The minimum atomic E-state index is -0.404. The lowest BCUT2D eigenvalue weighted by Crippen LogP contribution is -2.43. The summed E-state index contributed by atoms with van der Waals surface area (Å²) < 4.78 is 4.63. The molecule has 1 aromatic heterocycles. The molecular formula is C20H26N4O3. The van der Waals surface area contributed by atoms with Crippen LogP contribution >= 0.6 is 0 Å². The quantitative estimate of drug-likeness (QED) is 0.767. The number of esters is 1. The summed E-state index contributed by atoms with van der Waals surface area (Å²) in [6.45, 7) is 5.50. The summed E-state index contributed by atoms with van der Waals surface area (Å²) in [6, 6.07) is 6.19. The van der Waals surface area contributed by atoms with Crippen LogP contribution in [-0.4, -0.2) is 60.5 Å². The molecule has 7 heteroatoms. The molecule has 144 valence electrons. The second kappa shape index (κ2) is 7.90. The molecule has 0 unspecified atom stereocenters. The Balaban J connectivity index is 1.67. The molecule has 0 aliphatic carbocycles. The van der Waals surface area contributed by atoms with Gasteiger partial charge in [-0.3, -0.25) is 9.59 Å². The van der Waals surface area contributed by atoms with Gasteiger partial charge in [0.1, 0.15) is 6.54 Å². The van der Waals surface area contributed by atoms with Crippen molar-refractivity contribution in [3.05, 3.63) is 29.5 Å². The number of anilines is 1. The van der Waals surface area contributed by atoms with Crippen molar-refractivity contribution in [1.29, 1.82) is 0 Å². The lowest BCUT2D eigenvalue weighted by Gasteiger charge is -2.33. The van der Waals surface area contributed by atoms with Gasteiger partial charge in [0.2, 0.25) is 11.9 Å². The van der Waals surface area contributed by atoms with E-state index in [0.29, 0.717) is 0 Å². The molecule has 0 N–H and O–H groups in total. The molecule has 1 aliphatic heterocycles. The van der Waals surface area contributed by atoms with Crippen molar-refractivity contribution >= 4 is 28.7 Å². The van der Waals surface area contributed by atoms with E-state index in [1.54, 1.807) is 7.05 Å². The molecule has 1 saturated heterocycles. The average molecular weight is 370 g/mol. The van der Waals surface area contributed by atoms with E-state index in [9.17, 15) is 9.59 Å². The standard InChI is InChI=1S/C20H26N4O3/c1-13-5-6-17-16(11-13)14(2)21-20(22-17)24-9-7-15(8-10-24)19(26)23(3)12-18(25)27-4/h5-6,11,15H,7-10,12H2,1-4H3.